The van der Waals surface area contributed by atoms with E-state index in [1.54, 1.807) is 12.4 Å². The van der Waals surface area contributed by atoms with Gasteiger partial charge in [0.25, 0.3) is 0 Å². The largest absolute Gasteiger partial charge is 0.454 e. The van der Waals surface area contributed by atoms with Crippen LogP contribution in [0.1, 0.15) is 30.2 Å². The molecule has 0 amide bonds. The number of nitrogens with zero attached hydrogens (tertiary/aromatic N) is 1. The van der Waals surface area contributed by atoms with Gasteiger partial charge in [-0.2, -0.15) is 0 Å². The molecule has 1 aromatic carbocycles. The zero-order chi connectivity index (χ0) is 14.7. The number of ether oxygens (including phenoxy) is 2. The summed E-state index contributed by atoms with van der Waals surface area (Å²) in [4.78, 5) is 4.00. The number of hydrogen-bond donors (Lipinski definition) is 2. The number of benzene rings is 1. The van der Waals surface area contributed by atoms with Crippen molar-refractivity contribution in [2.45, 2.75) is 19.1 Å². The lowest BCUT2D eigenvalue weighted by molar-refractivity contribution is 0.168. The van der Waals surface area contributed by atoms with Gasteiger partial charge in [-0.1, -0.05) is 6.07 Å². The van der Waals surface area contributed by atoms with E-state index >= 15 is 0 Å². The van der Waals surface area contributed by atoms with Crippen LogP contribution in [0.2, 0.25) is 0 Å². The summed E-state index contributed by atoms with van der Waals surface area (Å²) in [5, 5.41) is 13.6. The van der Waals surface area contributed by atoms with E-state index in [4.69, 9.17) is 9.47 Å². The molecule has 2 atom stereocenters. The van der Waals surface area contributed by atoms with Crippen molar-refractivity contribution < 1.29 is 14.6 Å². The van der Waals surface area contributed by atoms with E-state index in [1.807, 2.05) is 30.3 Å². The molecule has 3 rings (SSSR count). The van der Waals surface area contributed by atoms with Gasteiger partial charge in [0, 0.05) is 25.0 Å². The molecule has 5 nitrogen and oxygen atoms in total. The number of nitrogens with one attached hydrogen (secondary N) is 1. The fraction of sp³-hybridized carbons (Fsp3) is 0.312. The molecular weight excluding hydrogens is 268 g/mol. The SMILES string of the molecule is C[C@H](NCC(O)c1ccc2c(c1)OCO2)c1ccncc1. The maximum absolute atomic E-state index is 10.3. The molecule has 0 fully saturated rings. The third-order valence-corrected chi connectivity index (χ3v) is 3.60. The number of aliphatic hydroxyl groups is 1. The van der Waals surface area contributed by atoms with Gasteiger partial charge < -0.3 is 19.9 Å². The molecule has 0 radical (unpaired) electrons. The molecule has 5 heteroatoms. The van der Waals surface area contributed by atoms with E-state index in [0.29, 0.717) is 12.3 Å². The first-order valence-electron chi connectivity index (χ1n) is 6.95. The molecule has 21 heavy (non-hydrogen) atoms. The smallest absolute Gasteiger partial charge is 0.231 e. The molecule has 0 bridgehead atoms. The quantitative estimate of drug-likeness (QED) is 0.882. The number of rotatable bonds is 5. The Morgan fingerprint density at radius 2 is 1.90 bits per heavy atom. The average Bonchev–Trinajstić information content (AvgIpc) is 3.00. The van der Waals surface area contributed by atoms with Crippen LogP contribution in [0, 0.1) is 0 Å². The van der Waals surface area contributed by atoms with Gasteiger partial charge in [-0.25, -0.2) is 0 Å². The van der Waals surface area contributed by atoms with Crippen LogP contribution in [0.3, 0.4) is 0 Å². The Kier molecular flexibility index (Phi) is 4.03. The van der Waals surface area contributed by atoms with Crippen LogP contribution in [0.15, 0.2) is 42.7 Å². The molecule has 0 spiro atoms. The minimum Gasteiger partial charge on any atom is -0.454 e. The van der Waals surface area contributed by atoms with Crippen molar-refractivity contribution in [1.29, 1.82) is 0 Å². The van der Waals surface area contributed by atoms with Crippen molar-refractivity contribution in [3.63, 3.8) is 0 Å². The third-order valence-electron chi connectivity index (χ3n) is 3.60. The van der Waals surface area contributed by atoms with Gasteiger partial charge in [-0.3, -0.25) is 4.98 Å². The van der Waals surface area contributed by atoms with Crippen LogP contribution in [-0.2, 0) is 0 Å². The molecule has 1 unspecified atom stereocenters. The standard InChI is InChI=1S/C16H18N2O3/c1-11(12-4-6-17-7-5-12)18-9-14(19)13-2-3-15-16(8-13)21-10-20-15/h2-8,11,14,18-19H,9-10H2,1H3/t11-,14?/m0/s1. The van der Waals surface area contributed by atoms with Crippen LogP contribution >= 0.6 is 0 Å². The van der Waals surface area contributed by atoms with Crippen LogP contribution in [-0.4, -0.2) is 23.4 Å². The maximum atomic E-state index is 10.3. The Morgan fingerprint density at radius 3 is 2.71 bits per heavy atom. The van der Waals surface area contributed by atoms with Crippen molar-refractivity contribution >= 4 is 0 Å². The molecule has 2 heterocycles. The highest BCUT2D eigenvalue weighted by molar-refractivity contribution is 5.45. The maximum Gasteiger partial charge on any atom is 0.231 e. The second kappa shape index (κ2) is 6.11. The molecule has 1 aliphatic rings. The first kappa shape index (κ1) is 13.9. The van der Waals surface area contributed by atoms with Gasteiger partial charge in [0.15, 0.2) is 11.5 Å². The number of aliphatic hydroxyl groups excluding tert-OH is 1. The first-order chi connectivity index (χ1) is 10.2. The first-order valence-corrected chi connectivity index (χ1v) is 6.95. The fourth-order valence-corrected chi connectivity index (χ4v) is 2.30. The van der Waals surface area contributed by atoms with Crippen LogP contribution in [0.25, 0.3) is 0 Å². The van der Waals surface area contributed by atoms with E-state index in [2.05, 4.69) is 17.2 Å². The summed E-state index contributed by atoms with van der Waals surface area (Å²) in [6, 6.07) is 9.59. The second-order valence-corrected chi connectivity index (χ2v) is 5.04. The Balaban J connectivity index is 1.60. The topological polar surface area (TPSA) is 63.6 Å². The average molecular weight is 286 g/mol. The lowest BCUT2D eigenvalue weighted by atomic mass is 10.1. The molecule has 0 saturated carbocycles. The van der Waals surface area contributed by atoms with Gasteiger partial charge in [0.2, 0.25) is 6.79 Å². The summed E-state index contributed by atoms with van der Waals surface area (Å²) in [5.74, 6) is 1.41. The lowest BCUT2D eigenvalue weighted by Crippen LogP contribution is -2.24. The van der Waals surface area contributed by atoms with Crippen molar-refractivity contribution in [3.8, 4) is 11.5 Å². The van der Waals surface area contributed by atoms with Gasteiger partial charge >= 0.3 is 0 Å². The van der Waals surface area contributed by atoms with E-state index in [1.165, 1.54) is 0 Å². The summed E-state index contributed by atoms with van der Waals surface area (Å²) in [7, 11) is 0. The highest BCUT2D eigenvalue weighted by Gasteiger charge is 2.17. The van der Waals surface area contributed by atoms with E-state index in [-0.39, 0.29) is 12.8 Å². The molecular formula is C16H18N2O3. The molecule has 110 valence electrons. The van der Waals surface area contributed by atoms with Crippen molar-refractivity contribution in [1.82, 2.24) is 10.3 Å². The summed E-state index contributed by atoms with van der Waals surface area (Å²) in [6.07, 6.45) is 2.94. The van der Waals surface area contributed by atoms with Crippen LogP contribution < -0.4 is 14.8 Å². The second-order valence-electron chi connectivity index (χ2n) is 5.04. The number of hydrogen-bond acceptors (Lipinski definition) is 5. The predicted molar refractivity (Wildman–Crippen MR) is 78.2 cm³/mol. The van der Waals surface area contributed by atoms with E-state index in [9.17, 15) is 5.11 Å². The minimum absolute atomic E-state index is 0.150. The molecule has 2 aromatic rings. The number of fused-ring (bicyclic) bond motifs is 1. The molecule has 0 aliphatic carbocycles. The van der Waals surface area contributed by atoms with Crippen molar-refractivity contribution in [2.24, 2.45) is 0 Å². The molecule has 1 aliphatic heterocycles. The monoisotopic (exact) mass is 286 g/mol. The summed E-state index contributed by atoms with van der Waals surface area (Å²) in [6.45, 7) is 2.76. The highest BCUT2D eigenvalue weighted by Crippen LogP contribution is 2.34. The lowest BCUT2D eigenvalue weighted by Gasteiger charge is -2.17. The molecule has 2 N–H and O–H groups in total. The molecule has 0 saturated heterocycles. The normalized spacial score (nSPS) is 15.7. The van der Waals surface area contributed by atoms with Crippen molar-refractivity contribution in [3.05, 3.63) is 53.9 Å². The number of aromatic nitrogens is 1. The van der Waals surface area contributed by atoms with Crippen LogP contribution in [0.4, 0.5) is 0 Å². The minimum atomic E-state index is -0.594. The summed E-state index contributed by atoms with van der Waals surface area (Å²) < 4.78 is 10.6. The van der Waals surface area contributed by atoms with Gasteiger partial charge in [-0.05, 0) is 42.3 Å². The van der Waals surface area contributed by atoms with E-state index < -0.39 is 6.10 Å². The molecule has 1 aromatic heterocycles. The Morgan fingerprint density at radius 1 is 1.14 bits per heavy atom. The summed E-state index contributed by atoms with van der Waals surface area (Å²) >= 11 is 0. The Bertz CT molecular complexity index is 604. The Labute approximate surface area is 123 Å². The zero-order valence-corrected chi connectivity index (χ0v) is 11.8. The highest BCUT2D eigenvalue weighted by atomic mass is 16.7. The number of pyridine rings is 1. The third kappa shape index (κ3) is 3.15. The van der Waals surface area contributed by atoms with Gasteiger partial charge in [0.05, 0.1) is 6.10 Å². The van der Waals surface area contributed by atoms with Crippen molar-refractivity contribution in [2.75, 3.05) is 13.3 Å². The van der Waals surface area contributed by atoms with Crippen LogP contribution in [0.5, 0.6) is 11.5 Å². The zero-order valence-electron chi connectivity index (χ0n) is 11.8. The van der Waals surface area contributed by atoms with E-state index in [0.717, 1.165) is 16.9 Å². The Hall–Kier alpha value is -2.11. The van der Waals surface area contributed by atoms with Gasteiger partial charge in [-0.15, -0.1) is 0 Å². The summed E-state index contributed by atoms with van der Waals surface area (Å²) in [5.41, 5.74) is 1.96. The predicted octanol–water partition coefficient (Wildman–Crippen LogP) is 2.19. The van der Waals surface area contributed by atoms with Gasteiger partial charge in [0.1, 0.15) is 0 Å². The fourth-order valence-electron chi connectivity index (χ4n) is 2.30.